The molecule has 5 heteroatoms. The van der Waals surface area contributed by atoms with E-state index in [2.05, 4.69) is 10.0 Å². The van der Waals surface area contributed by atoms with Gasteiger partial charge in [-0.2, -0.15) is 0 Å². The Morgan fingerprint density at radius 2 is 1.82 bits per heavy atom. The second kappa shape index (κ2) is 6.57. The van der Waals surface area contributed by atoms with Crippen molar-refractivity contribution >= 4 is 10.0 Å². The Morgan fingerprint density at radius 1 is 1.27 bits per heavy atom. The smallest absolute Gasteiger partial charge is 0.208 e. The van der Waals surface area contributed by atoms with Crippen LogP contribution in [-0.4, -0.2) is 34.8 Å². The van der Waals surface area contributed by atoms with Crippen LogP contribution in [0.3, 0.4) is 0 Å². The fourth-order valence-electron chi connectivity index (χ4n) is 0.523. The summed E-state index contributed by atoms with van der Waals surface area (Å²) in [6.07, 6.45) is 1.98. The van der Waals surface area contributed by atoms with Crippen LogP contribution < -0.4 is 10.0 Å². The van der Waals surface area contributed by atoms with Crippen molar-refractivity contribution in [1.29, 1.82) is 0 Å². The van der Waals surface area contributed by atoms with Crippen molar-refractivity contribution in [2.45, 2.75) is 13.8 Å². The van der Waals surface area contributed by atoms with Crippen molar-refractivity contribution in [3.8, 4) is 0 Å². The van der Waals surface area contributed by atoms with E-state index in [-0.39, 0.29) is 7.43 Å². The van der Waals surface area contributed by atoms with Gasteiger partial charge < -0.3 is 5.32 Å². The summed E-state index contributed by atoms with van der Waals surface area (Å²) in [7, 11) is -1.15. The fraction of sp³-hybridized carbons (Fsp3) is 1.00. The highest BCUT2D eigenvalue weighted by atomic mass is 32.2. The van der Waals surface area contributed by atoms with Gasteiger partial charge >= 0.3 is 0 Å². The van der Waals surface area contributed by atoms with E-state index in [4.69, 9.17) is 0 Å². The summed E-state index contributed by atoms with van der Waals surface area (Å²) in [4.78, 5) is 0. The summed E-state index contributed by atoms with van der Waals surface area (Å²) >= 11 is 0. The van der Waals surface area contributed by atoms with Gasteiger partial charge in [-0.3, -0.25) is 0 Å². The van der Waals surface area contributed by atoms with Gasteiger partial charge in [-0.25, -0.2) is 13.1 Å². The molecule has 0 aliphatic rings. The fourth-order valence-corrected chi connectivity index (χ4v) is 1.04. The predicted molar refractivity (Wildman–Crippen MR) is 48.1 cm³/mol. The summed E-state index contributed by atoms with van der Waals surface area (Å²) in [5, 5.41) is 2.92. The zero-order valence-electron chi connectivity index (χ0n) is 6.35. The zero-order valence-corrected chi connectivity index (χ0v) is 7.16. The first kappa shape index (κ1) is 13.5. The van der Waals surface area contributed by atoms with Gasteiger partial charge in [-0.05, 0) is 20.0 Å². The molecule has 0 unspecified atom stereocenters. The van der Waals surface area contributed by atoms with Gasteiger partial charge in [0.25, 0.3) is 0 Å². The molecule has 0 radical (unpaired) electrons. The molecule has 0 aliphatic heterocycles. The van der Waals surface area contributed by atoms with E-state index < -0.39 is 10.0 Å². The Morgan fingerprint density at radius 3 is 2.18 bits per heavy atom. The van der Waals surface area contributed by atoms with Crippen molar-refractivity contribution in [3.05, 3.63) is 0 Å². The minimum Gasteiger partial charge on any atom is -0.320 e. The van der Waals surface area contributed by atoms with Crippen LogP contribution in [0, 0.1) is 0 Å². The highest BCUT2D eigenvalue weighted by Crippen LogP contribution is 1.76. The zero-order chi connectivity index (χ0) is 8.04. The summed E-state index contributed by atoms with van der Waals surface area (Å²) < 4.78 is 23.3. The highest BCUT2D eigenvalue weighted by Gasteiger charge is 1.96. The molecule has 0 aromatic heterocycles. The van der Waals surface area contributed by atoms with Crippen LogP contribution in [0.2, 0.25) is 0 Å². The maximum atomic E-state index is 10.5. The minimum absolute atomic E-state index is 0. The average Bonchev–Trinajstić information content (AvgIpc) is 1.78. The van der Waals surface area contributed by atoms with E-state index in [1.54, 1.807) is 0 Å². The van der Waals surface area contributed by atoms with Gasteiger partial charge in [0.05, 0.1) is 6.26 Å². The lowest BCUT2D eigenvalue weighted by molar-refractivity contribution is 0.583. The lowest BCUT2D eigenvalue weighted by Crippen LogP contribution is -2.25. The van der Waals surface area contributed by atoms with Crippen molar-refractivity contribution in [2.24, 2.45) is 0 Å². The van der Waals surface area contributed by atoms with Crippen LogP contribution in [0.15, 0.2) is 0 Å². The molecule has 0 aromatic carbocycles. The summed E-state index contributed by atoms with van der Waals surface area (Å²) in [6, 6.07) is 0. The second-order valence-corrected chi connectivity index (χ2v) is 3.96. The number of rotatable bonds is 5. The maximum Gasteiger partial charge on any atom is 0.208 e. The molecule has 2 N–H and O–H groups in total. The lowest BCUT2D eigenvalue weighted by Gasteiger charge is -2.00. The third-order valence-corrected chi connectivity index (χ3v) is 1.70. The largest absolute Gasteiger partial charge is 0.320 e. The molecular formula is C6H18N2O2S. The Kier molecular flexibility index (Phi) is 8.04. The van der Waals surface area contributed by atoms with Gasteiger partial charge in [-0.15, -0.1) is 0 Å². The van der Waals surface area contributed by atoms with E-state index >= 15 is 0 Å². The van der Waals surface area contributed by atoms with Crippen LogP contribution in [0.25, 0.3) is 0 Å². The molecule has 0 saturated carbocycles. The van der Waals surface area contributed by atoms with E-state index in [1.807, 2.05) is 7.05 Å². The molecule has 0 atom stereocenters. The standard InChI is InChI=1S/C5H14N2O2S.CH4/c1-6-4-3-5-7-10(2,8)9;/h6-7H,3-5H2,1-2H3;1H4. The van der Waals surface area contributed by atoms with Crippen LogP contribution in [-0.2, 0) is 10.0 Å². The molecule has 0 fully saturated rings. The first-order valence-electron chi connectivity index (χ1n) is 3.15. The van der Waals surface area contributed by atoms with Gasteiger partial charge in [0.15, 0.2) is 0 Å². The van der Waals surface area contributed by atoms with Crippen LogP contribution in [0.5, 0.6) is 0 Å². The molecule has 11 heavy (non-hydrogen) atoms. The molecule has 0 amide bonds. The Labute approximate surface area is 69.4 Å². The van der Waals surface area contributed by atoms with Gasteiger partial charge in [0.1, 0.15) is 0 Å². The first-order chi connectivity index (χ1) is 4.56. The SMILES string of the molecule is C.CNCCCNS(C)(=O)=O. The van der Waals surface area contributed by atoms with Crippen LogP contribution in [0.4, 0.5) is 0 Å². The molecule has 0 aromatic rings. The molecule has 0 aliphatic carbocycles. The predicted octanol–water partition coefficient (Wildman–Crippen LogP) is -0.219. The molecule has 0 saturated heterocycles. The van der Waals surface area contributed by atoms with Crippen molar-refractivity contribution < 1.29 is 8.42 Å². The highest BCUT2D eigenvalue weighted by molar-refractivity contribution is 7.88. The molecule has 4 nitrogen and oxygen atoms in total. The minimum atomic E-state index is -2.98. The number of hydrogen-bond acceptors (Lipinski definition) is 3. The lowest BCUT2D eigenvalue weighted by atomic mass is 10.4. The second-order valence-electron chi connectivity index (χ2n) is 2.12. The summed E-state index contributed by atoms with van der Waals surface area (Å²) in [5.74, 6) is 0. The molecule has 0 bridgehead atoms. The third kappa shape index (κ3) is 13.0. The average molecular weight is 182 g/mol. The van der Waals surface area contributed by atoms with E-state index in [0.717, 1.165) is 19.2 Å². The van der Waals surface area contributed by atoms with Crippen molar-refractivity contribution in [1.82, 2.24) is 10.0 Å². The van der Waals surface area contributed by atoms with Crippen molar-refractivity contribution in [3.63, 3.8) is 0 Å². The van der Waals surface area contributed by atoms with Gasteiger partial charge in [0, 0.05) is 6.54 Å². The van der Waals surface area contributed by atoms with Crippen LogP contribution in [0.1, 0.15) is 13.8 Å². The molecular weight excluding hydrogens is 164 g/mol. The Balaban J connectivity index is 0. The molecule has 0 spiro atoms. The van der Waals surface area contributed by atoms with Gasteiger partial charge in [-0.1, -0.05) is 7.43 Å². The summed E-state index contributed by atoms with van der Waals surface area (Å²) in [6.45, 7) is 1.35. The first-order valence-corrected chi connectivity index (χ1v) is 5.04. The number of hydrogen-bond donors (Lipinski definition) is 2. The molecule has 70 valence electrons. The topological polar surface area (TPSA) is 58.2 Å². The quantitative estimate of drug-likeness (QED) is 0.578. The number of nitrogens with one attached hydrogen (secondary N) is 2. The van der Waals surface area contributed by atoms with Crippen LogP contribution >= 0.6 is 0 Å². The van der Waals surface area contributed by atoms with E-state index in [0.29, 0.717) is 6.54 Å². The van der Waals surface area contributed by atoms with E-state index in [1.165, 1.54) is 0 Å². The Hall–Kier alpha value is -0.130. The maximum absolute atomic E-state index is 10.5. The van der Waals surface area contributed by atoms with Crippen molar-refractivity contribution in [2.75, 3.05) is 26.4 Å². The number of sulfonamides is 1. The normalized spacial score (nSPS) is 10.7. The molecule has 0 heterocycles. The molecule has 0 rings (SSSR count). The monoisotopic (exact) mass is 182 g/mol. The Bertz CT molecular complexity index is 165. The third-order valence-electron chi connectivity index (χ3n) is 0.968. The summed E-state index contributed by atoms with van der Waals surface area (Å²) in [5.41, 5.74) is 0. The van der Waals surface area contributed by atoms with Gasteiger partial charge in [0.2, 0.25) is 10.0 Å². The van der Waals surface area contributed by atoms with E-state index in [9.17, 15) is 8.42 Å².